The summed E-state index contributed by atoms with van der Waals surface area (Å²) in [6.07, 6.45) is 6.05. The summed E-state index contributed by atoms with van der Waals surface area (Å²) < 4.78 is 1.84. The third kappa shape index (κ3) is 3.26. The molecule has 0 saturated carbocycles. The van der Waals surface area contributed by atoms with Crippen molar-refractivity contribution in [3.05, 3.63) is 12.4 Å². The van der Waals surface area contributed by atoms with Gasteiger partial charge in [-0.3, -0.25) is 14.3 Å². The predicted molar refractivity (Wildman–Crippen MR) is 88.1 cm³/mol. The molecule has 2 aliphatic rings. The molecule has 23 heavy (non-hydrogen) atoms. The predicted octanol–water partition coefficient (Wildman–Crippen LogP) is 2.08. The quantitative estimate of drug-likeness (QED) is 0.857. The Balaban J connectivity index is 1.65. The van der Waals surface area contributed by atoms with E-state index in [4.69, 9.17) is 0 Å². The molecule has 2 fully saturated rings. The fraction of sp³-hybridized carbons (Fsp3) is 0.706. The lowest BCUT2D eigenvalue weighted by molar-refractivity contribution is -0.137. The number of piperidine rings is 1. The molecule has 2 amide bonds. The molecule has 0 N–H and O–H groups in total. The molecule has 2 saturated heterocycles. The van der Waals surface area contributed by atoms with Gasteiger partial charge in [0.15, 0.2) is 0 Å². The molecule has 6 nitrogen and oxygen atoms in total. The number of hydrogen-bond acceptors (Lipinski definition) is 3. The summed E-state index contributed by atoms with van der Waals surface area (Å²) in [6.45, 7) is 8.47. The number of amides is 2. The molecule has 0 unspecified atom stereocenters. The van der Waals surface area contributed by atoms with Gasteiger partial charge in [0.1, 0.15) is 0 Å². The number of carbonyl (C=O) groups is 2. The first-order valence-corrected chi connectivity index (χ1v) is 8.59. The van der Waals surface area contributed by atoms with Crippen molar-refractivity contribution in [1.29, 1.82) is 0 Å². The molecule has 0 bridgehead atoms. The van der Waals surface area contributed by atoms with Crippen LogP contribution in [-0.4, -0.2) is 46.1 Å². The molecular weight excluding hydrogens is 292 g/mol. The van der Waals surface area contributed by atoms with Gasteiger partial charge in [0.25, 0.3) is 0 Å². The maximum atomic E-state index is 12.7. The van der Waals surface area contributed by atoms with Gasteiger partial charge in [-0.25, -0.2) is 0 Å². The molecule has 3 heterocycles. The second kappa shape index (κ2) is 6.34. The molecule has 1 atom stereocenters. The Labute approximate surface area is 137 Å². The lowest BCUT2D eigenvalue weighted by Gasteiger charge is -2.32. The minimum absolute atomic E-state index is 0.0250. The molecular formula is C17H26N4O2. The molecule has 126 valence electrons. The number of nitrogens with zero attached hydrogens (tertiary/aromatic N) is 4. The van der Waals surface area contributed by atoms with Crippen molar-refractivity contribution in [2.45, 2.75) is 46.1 Å². The molecule has 3 rings (SSSR count). The minimum atomic E-state index is -0.210. The van der Waals surface area contributed by atoms with Crippen molar-refractivity contribution in [2.75, 3.05) is 24.5 Å². The summed E-state index contributed by atoms with van der Waals surface area (Å²) in [4.78, 5) is 28.6. The van der Waals surface area contributed by atoms with E-state index in [1.54, 1.807) is 11.1 Å². The zero-order valence-electron chi connectivity index (χ0n) is 14.2. The van der Waals surface area contributed by atoms with Gasteiger partial charge in [0, 0.05) is 38.3 Å². The molecule has 0 radical (unpaired) electrons. The lowest BCUT2D eigenvalue weighted by Crippen LogP contribution is -2.42. The van der Waals surface area contributed by atoms with E-state index in [1.807, 2.05) is 29.6 Å². The topological polar surface area (TPSA) is 58.4 Å². The Morgan fingerprint density at radius 1 is 1.30 bits per heavy atom. The first-order chi connectivity index (χ1) is 11.0. The van der Waals surface area contributed by atoms with Gasteiger partial charge in [-0.05, 0) is 32.6 Å². The summed E-state index contributed by atoms with van der Waals surface area (Å²) >= 11 is 0. The molecule has 0 aliphatic carbocycles. The summed E-state index contributed by atoms with van der Waals surface area (Å²) in [7, 11) is 0. The van der Waals surface area contributed by atoms with Crippen molar-refractivity contribution in [3.63, 3.8) is 0 Å². The second-order valence-electron chi connectivity index (χ2n) is 7.19. The first kappa shape index (κ1) is 16.0. The highest BCUT2D eigenvalue weighted by Crippen LogP contribution is 2.28. The molecule has 6 heteroatoms. The Morgan fingerprint density at radius 3 is 2.61 bits per heavy atom. The van der Waals surface area contributed by atoms with E-state index in [0.717, 1.165) is 31.6 Å². The number of aromatic nitrogens is 2. The smallest absolute Gasteiger partial charge is 0.228 e. The fourth-order valence-electron chi connectivity index (χ4n) is 3.36. The van der Waals surface area contributed by atoms with E-state index in [-0.39, 0.29) is 23.8 Å². The average Bonchev–Trinajstić information content (AvgIpc) is 3.14. The monoisotopic (exact) mass is 318 g/mol. The van der Waals surface area contributed by atoms with Gasteiger partial charge in [0.2, 0.25) is 11.8 Å². The number of rotatable bonds is 3. The third-order valence-corrected chi connectivity index (χ3v) is 5.00. The van der Waals surface area contributed by atoms with Crippen LogP contribution in [0.25, 0.3) is 0 Å². The van der Waals surface area contributed by atoms with Crippen LogP contribution in [0.1, 0.15) is 46.1 Å². The number of anilines is 1. The lowest BCUT2D eigenvalue weighted by atomic mass is 9.97. The second-order valence-corrected chi connectivity index (χ2v) is 7.19. The van der Waals surface area contributed by atoms with Gasteiger partial charge < -0.3 is 9.80 Å². The van der Waals surface area contributed by atoms with Crippen molar-refractivity contribution in [3.8, 4) is 0 Å². The Kier molecular flexibility index (Phi) is 4.41. The highest BCUT2D eigenvalue weighted by Gasteiger charge is 2.38. The van der Waals surface area contributed by atoms with E-state index in [0.29, 0.717) is 18.9 Å². The number of hydrogen-bond donors (Lipinski definition) is 0. The zero-order valence-corrected chi connectivity index (χ0v) is 14.2. The van der Waals surface area contributed by atoms with E-state index >= 15 is 0 Å². The van der Waals surface area contributed by atoms with Gasteiger partial charge >= 0.3 is 0 Å². The summed E-state index contributed by atoms with van der Waals surface area (Å²) in [5, 5.41) is 4.29. The molecule has 1 aromatic heterocycles. The van der Waals surface area contributed by atoms with Crippen molar-refractivity contribution in [1.82, 2.24) is 14.7 Å². The van der Waals surface area contributed by atoms with Crippen LogP contribution in [0.3, 0.4) is 0 Å². The van der Waals surface area contributed by atoms with Crippen LogP contribution in [0.5, 0.6) is 0 Å². The Morgan fingerprint density at radius 2 is 2.00 bits per heavy atom. The van der Waals surface area contributed by atoms with Crippen LogP contribution in [0, 0.1) is 11.8 Å². The Bertz CT molecular complexity index is 587. The number of carbonyl (C=O) groups excluding carboxylic acids is 2. The highest BCUT2D eigenvalue weighted by molar-refractivity contribution is 6.00. The van der Waals surface area contributed by atoms with Crippen molar-refractivity contribution >= 4 is 17.5 Å². The maximum Gasteiger partial charge on any atom is 0.228 e. The zero-order chi connectivity index (χ0) is 16.6. The van der Waals surface area contributed by atoms with Crippen molar-refractivity contribution in [2.24, 2.45) is 11.8 Å². The van der Waals surface area contributed by atoms with Gasteiger partial charge in [-0.15, -0.1) is 0 Å². The molecule has 2 aliphatic heterocycles. The van der Waals surface area contributed by atoms with E-state index in [9.17, 15) is 9.59 Å². The standard InChI is InChI=1S/C17H26N4O2/c1-12(2)21-11-15(9-18-21)20-10-14(8-16(20)22)17(23)19-6-4-13(3)5-7-19/h9,11-14H,4-8,10H2,1-3H3/t14-/m1/s1. The van der Waals surface area contributed by atoms with Crippen LogP contribution >= 0.6 is 0 Å². The van der Waals surface area contributed by atoms with Crippen LogP contribution < -0.4 is 4.90 Å². The number of likely N-dealkylation sites (tertiary alicyclic amines) is 1. The van der Waals surface area contributed by atoms with Crippen LogP contribution in [0.2, 0.25) is 0 Å². The largest absolute Gasteiger partial charge is 0.342 e. The third-order valence-electron chi connectivity index (χ3n) is 5.00. The maximum absolute atomic E-state index is 12.7. The molecule has 0 spiro atoms. The Hall–Kier alpha value is -1.85. The van der Waals surface area contributed by atoms with Crippen LogP contribution in [-0.2, 0) is 9.59 Å². The van der Waals surface area contributed by atoms with Gasteiger partial charge in [-0.1, -0.05) is 6.92 Å². The van der Waals surface area contributed by atoms with E-state index in [1.165, 1.54) is 0 Å². The van der Waals surface area contributed by atoms with Crippen LogP contribution in [0.4, 0.5) is 5.69 Å². The normalized spacial score (nSPS) is 23.1. The average molecular weight is 318 g/mol. The van der Waals surface area contributed by atoms with E-state index < -0.39 is 0 Å². The SMILES string of the molecule is CC1CCN(C(=O)[C@@H]2CC(=O)N(c3cnn(C(C)C)c3)C2)CC1. The summed E-state index contributed by atoms with van der Waals surface area (Å²) in [5.41, 5.74) is 0.797. The van der Waals surface area contributed by atoms with Gasteiger partial charge in [-0.2, -0.15) is 5.10 Å². The van der Waals surface area contributed by atoms with Crippen LogP contribution in [0.15, 0.2) is 12.4 Å². The van der Waals surface area contributed by atoms with Gasteiger partial charge in [0.05, 0.1) is 17.8 Å². The molecule has 1 aromatic rings. The fourth-order valence-corrected chi connectivity index (χ4v) is 3.36. The minimum Gasteiger partial charge on any atom is -0.342 e. The van der Waals surface area contributed by atoms with Crippen molar-refractivity contribution < 1.29 is 9.59 Å². The molecule has 0 aromatic carbocycles. The summed E-state index contributed by atoms with van der Waals surface area (Å²) in [6, 6.07) is 0.259. The van der Waals surface area contributed by atoms with E-state index in [2.05, 4.69) is 12.0 Å². The first-order valence-electron chi connectivity index (χ1n) is 8.59. The highest BCUT2D eigenvalue weighted by atomic mass is 16.2. The summed E-state index contributed by atoms with van der Waals surface area (Å²) in [5.74, 6) is 0.655.